The predicted octanol–water partition coefficient (Wildman–Crippen LogP) is 6.10. The number of nitrogens with one attached hydrogen (secondary N) is 1. The number of amides is 2. The Labute approximate surface area is 240 Å². The zero-order valence-corrected chi connectivity index (χ0v) is 24.9. The summed E-state index contributed by atoms with van der Waals surface area (Å²) < 4.78 is 11.3. The van der Waals surface area contributed by atoms with Gasteiger partial charge in [0.05, 0.1) is 17.4 Å². The number of ether oxygens (including phenoxy) is 2. The van der Waals surface area contributed by atoms with E-state index in [0.717, 1.165) is 18.6 Å². The number of hydrogen-bond acceptors (Lipinski definition) is 5. The second kappa shape index (κ2) is 13.1. The molecule has 1 saturated heterocycles. The van der Waals surface area contributed by atoms with E-state index in [-0.39, 0.29) is 29.3 Å². The first-order valence-corrected chi connectivity index (χ1v) is 14.6. The summed E-state index contributed by atoms with van der Waals surface area (Å²) in [5, 5.41) is 3.46. The molecule has 6 atom stereocenters. The normalized spacial score (nSPS) is 32.2. The van der Waals surface area contributed by atoms with E-state index in [4.69, 9.17) is 9.47 Å². The van der Waals surface area contributed by atoms with Gasteiger partial charge in [0.15, 0.2) is 0 Å². The second-order valence-corrected chi connectivity index (χ2v) is 12.0. The number of allylic oxidation sites excluding steroid dienone is 2. The van der Waals surface area contributed by atoms with E-state index in [9.17, 15) is 9.59 Å². The molecular weight excluding hydrogens is 500 g/mol. The standard InChI is InChI=1S/C15H23NO2.C13H17NO2.C6H6/c1-15(17-2)10-6-7-13(11-15)16-12-18-14-8-4-3-5-9-14;1-5-6(2)9-7(3)8(5)10-11(9)13(16)14(4)12(10)15;1-2-4-6-5-3-1/h3-5,8-9,13,16H,6-7,10-12H2,1-2H3;7-11H,1-4H3;1-6H. The van der Waals surface area contributed by atoms with Crippen LogP contribution in [-0.2, 0) is 14.3 Å². The fraction of sp³-hybridized carbons (Fsp3) is 0.529. The molecule has 1 aliphatic heterocycles. The first kappa shape index (κ1) is 30.0. The molecule has 0 spiro atoms. The molecule has 6 nitrogen and oxygen atoms in total. The molecule has 6 rings (SSSR count). The van der Waals surface area contributed by atoms with Crippen LogP contribution in [-0.4, -0.2) is 49.2 Å². The van der Waals surface area contributed by atoms with Crippen molar-refractivity contribution in [3.05, 3.63) is 77.9 Å². The molecule has 4 aliphatic rings. The number of carbonyl (C=O) groups is 2. The third-order valence-electron chi connectivity index (χ3n) is 9.60. The Kier molecular flexibility index (Phi) is 9.85. The van der Waals surface area contributed by atoms with Crippen molar-refractivity contribution in [1.29, 1.82) is 0 Å². The second-order valence-electron chi connectivity index (χ2n) is 12.0. The van der Waals surface area contributed by atoms with Crippen LogP contribution in [0.25, 0.3) is 0 Å². The monoisotopic (exact) mass is 546 g/mol. The number of imide groups is 1. The molecule has 2 amide bonds. The molecule has 40 heavy (non-hydrogen) atoms. The minimum absolute atomic E-state index is 0.0304. The lowest BCUT2D eigenvalue weighted by atomic mass is 9.78. The molecule has 2 aromatic carbocycles. The zero-order valence-electron chi connectivity index (χ0n) is 24.9. The number of fused-ring (bicyclic) bond motifs is 5. The van der Waals surface area contributed by atoms with Gasteiger partial charge in [-0.2, -0.15) is 0 Å². The number of para-hydroxylation sites is 1. The van der Waals surface area contributed by atoms with Gasteiger partial charge in [0.25, 0.3) is 0 Å². The lowest BCUT2D eigenvalue weighted by molar-refractivity contribution is -0.139. The molecule has 3 fully saturated rings. The first-order valence-electron chi connectivity index (χ1n) is 14.6. The molecule has 2 aromatic rings. The maximum atomic E-state index is 12.1. The summed E-state index contributed by atoms with van der Waals surface area (Å²) in [6, 6.07) is 22.4. The van der Waals surface area contributed by atoms with Gasteiger partial charge >= 0.3 is 0 Å². The zero-order chi connectivity index (χ0) is 28.9. The maximum Gasteiger partial charge on any atom is 0.233 e. The van der Waals surface area contributed by atoms with Crippen molar-refractivity contribution in [2.75, 3.05) is 20.9 Å². The van der Waals surface area contributed by atoms with Gasteiger partial charge in [0.1, 0.15) is 12.5 Å². The van der Waals surface area contributed by atoms with E-state index in [1.165, 1.54) is 28.9 Å². The summed E-state index contributed by atoms with van der Waals surface area (Å²) in [7, 11) is 3.43. The molecule has 216 valence electrons. The molecule has 6 unspecified atom stereocenters. The van der Waals surface area contributed by atoms with Crippen LogP contribution in [0, 0.1) is 29.6 Å². The predicted molar refractivity (Wildman–Crippen MR) is 158 cm³/mol. The van der Waals surface area contributed by atoms with Crippen LogP contribution >= 0.6 is 0 Å². The van der Waals surface area contributed by atoms with Gasteiger partial charge < -0.3 is 9.47 Å². The molecule has 0 radical (unpaired) electrons. The Morgan fingerprint density at radius 1 is 0.875 bits per heavy atom. The van der Waals surface area contributed by atoms with Crippen LogP contribution < -0.4 is 10.1 Å². The molecule has 1 heterocycles. The Morgan fingerprint density at radius 3 is 1.88 bits per heavy atom. The molecule has 2 bridgehead atoms. The first-order chi connectivity index (χ1) is 19.2. The van der Waals surface area contributed by atoms with Crippen molar-refractivity contribution in [3.63, 3.8) is 0 Å². The van der Waals surface area contributed by atoms with Crippen molar-refractivity contribution in [3.8, 4) is 5.75 Å². The summed E-state index contributed by atoms with van der Waals surface area (Å²) in [6.07, 6.45) is 4.63. The van der Waals surface area contributed by atoms with Gasteiger partial charge in [-0.3, -0.25) is 19.8 Å². The largest absolute Gasteiger partial charge is 0.478 e. The highest BCUT2D eigenvalue weighted by Crippen LogP contribution is 2.61. The average Bonchev–Trinajstić information content (AvgIpc) is 3.48. The van der Waals surface area contributed by atoms with Crippen LogP contribution in [0.5, 0.6) is 5.75 Å². The molecular formula is C34H46N2O4. The van der Waals surface area contributed by atoms with Gasteiger partial charge in [0.2, 0.25) is 11.8 Å². The van der Waals surface area contributed by atoms with Gasteiger partial charge in [-0.15, -0.1) is 0 Å². The van der Waals surface area contributed by atoms with E-state index in [1.807, 2.05) is 73.8 Å². The van der Waals surface area contributed by atoms with Crippen LogP contribution in [0.1, 0.15) is 53.4 Å². The van der Waals surface area contributed by atoms with Gasteiger partial charge in [0, 0.05) is 20.2 Å². The third kappa shape index (κ3) is 6.34. The van der Waals surface area contributed by atoms with Crippen LogP contribution in [0.4, 0.5) is 0 Å². The number of nitrogens with zero attached hydrogens (tertiary/aromatic N) is 1. The summed E-state index contributed by atoms with van der Waals surface area (Å²) in [5.41, 5.74) is 2.74. The van der Waals surface area contributed by atoms with Crippen LogP contribution in [0.2, 0.25) is 0 Å². The highest BCUT2D eigenvalue weighted by atomic mass is 16.5. The molecule has 1 N–H and O–H groups in total. The Hall–Kier alpha value is -2.96. The Morgan fingerprint density at radius 2 is 1.38 bits per heavy atom. The van der Waals surface area contributed by atoms with Crippen LogP contribution in [0.3, 0.4) is 0 Å². The topological polar surface area (TPSA) is 67.9 Å². The summed E-state index contributed by atoms with van der Waals surface area (Å²) in [5.74, 6) is 1.99. The van der Waals surface area contributed by atoms with Crippen molar-refractivity contribution in [2.45, 2.75) is 65.0 Å². The Balaban J connectivity index is 0.000000154. The number of likely N-dealkylation sites (tertiary alicyclic amines) is 1. The van der Waals surface area contributed by atoms with Gasteiger partial charge in [-0.05, 0) is 76.3 Å². The minimum Gasteiger partial charge on any atom is -0.478 e. The summed E-state index contributed by atoms with van der Waals surface area (Å²) in [4.78, 5) is 25.5. The van der Waals surface area contributed by atoms with Gasteiger partial charge in [-0.25, -0.2) is 0 Å². The van der Waals surface area contributed by atoms with Crippen molar-refractivity contribution in [1.82, 2.24) is 10.2 Å². The van der Waals surface area contributed by atoms with Crippen molar-refractivity contribution in [2.24, 2.45) is 29.6 Å². The minimum atomic E-state index is -0.0544. The average molecular weight is 547 g/mol. The van der Waals surface area contributed by atoms with E-state index in [0.29, 0.717) is 30.5 Å². The van der Waals surface area contributed by atoms with E-state index in [1.54, 1.807) is 7.05 Å². The lowest BCUT2D eigenvalue weighted by Gasteiger charge is -2.37. The third-order valence-corrected chi connectivity index (χ3v) is 9.60. The maximum absolute atomic E-state index is 12.1. The van der Waals surface area contributed by atoms with Gasteiger partial charge in [-0.1, -0.05) is 72.7 Å². The van der Waals surface area contributed by atoms with Crippen molar-refractivity contribution >= 4 is 11.8 Å². The molecule has 6 heteroatoms. The van der Waals surface area contributed by atoms with E-state index >= 15 is 0 Å². The number of methoxy groups -OCH3 is 1. The fourth-order valence-electron chi connectivity index (χ4n) is 7.30. The molecule has 3 aliphatic carbocycles. The fourth-order valence-corrected chi connectivity index (χ4v) is 7.30. The van der Waals surface area contributed by atoms with E-state index in [2.05, 4.69) is 33.0 Å². The number of hydrogen-bond donors (Lipinski definition) is 1. The summed E-state index contributed by atoms with van der Waals surface area (Å²) in [6.45, 7) is 9.20. The number of benzene rings is 2. The summed E-state index contributed by atoms with van der Waals surface area (Å²) >= 11 is 0. The van der Waals surface area contributed by atoms with E-state index < -0.39 is 0 Å². The quantitative estimate of drug-likeness (QED) is 0.279. The smallest absolute Gasteiger partial charge is 0.233 e. The Bertz CT molecular complexity index is 1100. The highest BCUT2D eigenvalue weighted by Gasteiger charge is 2.64. The van der Waals surface area contributed by atoms with Crippen LogP contribution in [0.15, 0.2) is 77.9 Å². The molecule has 2 saturated carbocycles. The highest BCUT2D eigenvalue weighted by molar-refractivity contribution is 6.06. The SMILES string of the molecule is CC1=C(C)C2C(C)C1C1C(=O)N(C)C(=O)C21.COC1(C)CCCC(NCOc2ccccc2)C1.c1ccccc1. The molecule has 0 aromatic heterocycles. The number of rotatable bonds is 5. The lowest BCUT2D eigenvalue weighted by Crippen LogP contribution is -2.44. The van der Waals surface area contributed by atoms with Crippen molar-refractivity contribution < 1.29 is 19.1 Å². The number of carbonyl (C=O) groups excluding carboxylic acids is 2.